The van der Waals surface area contributed by atoms with Crippen LogP contribution in [0, 0.1) is 0 Å². The average molecular weight is 487 g/mol. The molecule has 3 heterocycles. The summed E-state index contributed by atoms with van der Waals surface area (Å²) in [6.07, 6.45) is -4.50. The molecule has 1 N–H and O–H groups in total. The van der Waals surface area contributed by atoms with E-state index in [1.807, 2.05) is 6.07 Å². The molecule has 11 heteroatoms. The number of alkyl halides is 3. The molecule has 0 fully saturated rings. The van der Waals surface area contributed by atoms with Gasteiger partial charge in [0.1, 0.15) is 15.5 Å². The van der Waals surface area contributed by atoms with Gasteiger partial charge in [-0.05, 0) is 35.9 Å². The van der Waals surface area contributed by atoms with Crippen LogP contribution in [-0.2, 0) is 17.5 Å². The number of halogens is 3. The second-order valence-electron chi connectivity index (χ2n) is 7.33. The molecule has 0 amide bonds. The molecule has 0 aliphatic carbocycles. The maximum atomic E-state index is 13.4. The largest absolute Gasteiger partial charge is 0.465 e. The lowest BCUT2D eigenvalue weighted by molar-refractivity contribution is -0.134. The predicted octanol–water partition coefficient (Wildman–Crippen LogP) is 5.50. The molecule has 5 rings (SSSR count). The minimum atomic E-state index is -4.50. The monoisotopic (exact) mass is 487 g/mol. The normalized spacial score (nSPS) is 12.7. The number of nitrogens with one attached hydrogen (secondary N) is 1. The molecule has 0 bridgehead atoms. The number of hydrogen-bond donors (Lipinski definition) is 1. The molecule has 0 unspecified atom stereocenters. The van der Waals surface area contributed by atoms with E-state index in [-0.39, 0.29) is 28.7 Å². The SMILES string of the molecule is COC(=O)c1ccc(-c2nc(NCc3ccc4c(c3)OCO4)c3cc(C(F)(F)F)sc3n2)cc1. The topological polar surface area (TPSA) is 82.6 Å². The van der Waals surface area contributed by atoms with Crippen LogP contribution in [0.5, 0.6) is 11.5 Å². The molecule has 0 radical (unpaired) electrons. The van der Waals surface area contributed by atoms with E-state index < -0.39 is 17.0 Å². The molecular weight excluding hydrogens is 471 g/mol. The number of rotatable bonds is 5. The van der Waals surface area contributed by atoms with Crippen molar-refractivity contribution in [1.29, 1.82) is 0 Å². The highest BCUT2D eigenvalue weighted by atomic mass is 32.1. The maximum Gasteiger partial charge on any atom is 0.425 e. The number of ether oxygens (including phenoxy) is 3. The zero-order valence-electron chi connectivity index (χ0n) is 17.6. The van der Waals surface area contributed by atoms with Crippen LogP contribution in [0.2, 0.25) is 0 Å². The van der Waals surface area contributed by atoms with E-state index in [4.69, 9.17) is 14.2 Å². The molecule has 0 saturated heterocycles. The lowest BCUT2D eigenvalue weighted by Crippen LogP contribution is -2.04. The summed E-state index contributed by atoms with van der Waals surface area (Å²) >= 11 is 0.550. The Morgan fingerprint density at radius 1 is 1.09 bits per heavy atom. The predicted molar refractivity (Wildman–Crippen MR) is 119 cm³/mol. The van der Waals surface area contributed by atoms with E-state index in [0.717, 1.165) is 11.6 Å². The number of fused-ring (bicyclic) bond motifs is 2. The molecule has 7 nitrogen and oxygen atoms in total. The van der Waals surface area contributed by atoms with Crippen LogP contribution in [0.3, 0.4) is 0 Å². The van der Waals surface area contributed by atoms with Crippen molar-refractivity contribution in [3.05, 3.63) is 64.5 Å². The number of benzene rings is 2. The lowest BCUT2D eigenvalue weighted by Gasteiger charge is -2.10. The zero-order chi connectivity index (χ0) is 23.9. The van der Waals surface area contributed by atoms with E-state index in [1.54, 1.807) is 36.4 Å². The minimum absolute atomic E-state index is 0.145. The molecule has 1 aliphatic rings. The molecule has 2 aromatic heterocycles. The van der Waals surface area contributed by atoms with Gasteiger partial charge in [-0.25, -0.2) is 14.8 Å². The highest BCUT2D eigenvalue weighted by Crippen LogP contribution is 2.40. The summed E-state index contributed by atoms with van der Waals surface area (Å²) in [6, 6.07) is 12.8. The van der Waals surface area contributed by atoms with Gasteiger partial charge in [0, 0.05) is 12.1 Å². The average Bonchev–Trinajstić information content (AvgIpc) is 3.48. The first-order chi connectivity index (χ1) is 16.3. The van der Waals surface area contributed by atoms with Gasteiger partial charge in [-0.3, -0.25) is 0 Å². The van der Waals surface area contributed by atoms with Gasteiger partial charge in [0.25, 0.3) is 0 Å². The highest BCUT2D eigenvalue weighted by Gasteiger charge is 2.34. The first-order valence-corrected chi connectivity index (χ1v) is 10.8. The van der Waals surface area contributed by atoms with Crippen molar-refractivity contribution in [2.45, 2.75) is 12.7 Å². The summed E-state index contributed by atoms with van der Waals surface area (Å²) in [5.74, 6) is 1.24. The van der Waals surface area contributed by atoms with Gasteiger partial charge in [0.05, 0.1) is 18.1 Å². The third-order valence-corrected chi connectivity index (χ3v) is 6.21. The summed E-state index contributed by atoms with van der Waals surface area (Å²) in [5.41, 5.74) is 1.72. The third kappa shape index (κ3) is 4.21. The Labute approximate surface area is 195 Å². The van der Waals surface area contributed by atoms with Crippen LogP contribution in [0.1, 0.15) is 20.8 Å². The van der Waals surface area contributed by atoms with Crippen molar-refractivity contribution in [3.63, 3.8) is 0 Å². The number of carbonyl (C=O) groups excluding carboxylic acids is 1. The number of nitrogens with zero attached hydrogens (tertiary/aromatic N) is 2. The van der Waals surface area contributed by atoms with E-state index in [9.17, 15) is 18.0 Å². The smallest absolute Gasteiger partial charge is 0.425 e. The molecule has 0 saturated carbocycles. The van der Waals surface area contributed by atoms with Crippen LogP contribution in [0.4, 0.5) is 19.0 Å². The Morgan fingerprint density at radius 2 is 1.85 bits per heavy atom. The van der Waals surface area contributed by atoms with Gasteiger partial charge in [-0.1, -0.05) is 18.2 Å². The maximum absolute atomic E-state index is 13.4. The van der Waals surface area contributed by atoms with E-state index in [1.165, 1.54) is 7.11 Å². The first-order valence-electron chi connectivity index (χ1n) is 10.0. The Morgan fingerprint density at radius 3 is 2.59 bits per heavy atom. The number of thiophene rings is 1. The van der Waals surface area contributed by atoms with Crippen LogP contribution in [0.25, 0.3) is 21.6 Å². The first kappa shape index (κ1) is 22.0. The van der Waals surface area contributed by atoms with Gasteiger partial charge in [0.2, 0.25) is 6.79 Å². The van der Waals surface area contributed by atoms with Gasteiger partial charge >= 0.3 is 12.1 Å². The Balaban J connectivity index is 1.52. The van der Waals surface area contributed by atoms with E-state index in [2.05, 4.69) is 15.3 Å². The van der Waals surface area contributed by atoms with Crippen LogP contribution in [-0.4, -0.2) is 29.8 Å². The molecule has 0 spiro atoms. The van der Waals surface area contributed by atoms with E-state index in [0.29, 0.717) is 40.5 Å². The third-order valence-electron chi connectivity index (χ3n) is 5.13. The number of anilines is 1. The minimum Gasteiger partial charge on any atom is -0.465 e. The van der Waals surface area contributed by atoms with Crippen molar-refractivity contribution in [2.75, 3.05) is 19.2 Å². The van der Waals surface area contributed by atoms with Crippen molar-refractivity contribution in [1.82, 2.24) is 9.97 Å². The fraction of sp³-hybridized carbons (Fsp3) is 0.174. The standard InChI is InChI=1S/C23H16F3N3O4S/c1-31-22(30)14-5-3-13(4-6-14)19-28-20(15-9-18(23(24,25)26)34-21(15)29-19)27-10-12-2-7-16-17(8-12)33-11-32-16/h2-9H,10-11H2,1H3,(H,27,28,29). The Bertz CT molecular complexity index is 1390. The Hall–Kier alpha value is -3.86. The van der Waals surface area contributed by atoms with Crippen molar-refractivity contribution in [3.8, 4) is 22.9 Å². The van der Waals surface area contributed by atoms with Gasteiger partial charge < -0.3 is 19.5 Å². The molecule has 4 aromatic rings. The van der Waals surface area contributed by atoms with Crippen molar-refractivity contribution < 1.29 is 32.2 Å². The summed E-state index contributed by atoms with van der Waals surface area (Å²) in [6.45, 7) is 0.437. The zero-order valence-corrected chi connectivity index (χ0v) is 18.4. The van der Waals surface area contributed by atoms with Crippen LogP contribution < -0.4 is 14.8 Å². The number of aromatic nitrogens is 2. The number of hydrogen-bond acceptors (Lipinski definition) is 8. The number of carbonyl (C=O) groups is 1. The molecule has 2 aromatic carbocycles. The number of esters is 1. The highest BCUT2D eigenvalue weighted by molar-refractivity contribution is 7.18. The molecule has 1 aliphatic heterocycles. The van der Waals surface area contributed by atoms with Gasteiger partial charge in [-0.2, -0.15) is 13.2 Å². The van der Waals surface area contributed by atoms with Gasteiger partial charge in [0.15, 0.2) is 17.3 Å². The quantitative estimate of drug-likeness (QED) is 0.372. The number of methoxy groups -OCH3 is 1. The molecule has 34 heavy (non-hydrogen) atoms. The molecule has 0 atom stereocenters. The van der Waals surface area contributed by atoms with E-state index >= 15 is 0 Å². The van der Waals surface area contributed by atoms with Crippen molar-refractivity contribution >= 4 is 33.3 Å². The Kier molecular flexibility index (Phi) is 5.48. The fourth-order valence-corrected chi connectivity index (χ4v) is 4.33. The van der Waals surface area contributed by atoms with Gasteiger partial charge in [-0.15, -0.1) is 11.3 Å². The fourth-order valence-electron chi connectivity index (χ4n) is 3.43. The summed E-state index contributed by atoms with van der Waals surface area (Å²) in [7, 11) is 1.28. The second kappa shape index (κ2) is 8.49. The summed E-state index contributed by atoms with van der Waals surface area (Å²) in [5, 5.41) is 3.40. The second-order valence-corrected chi connectivity index (χ2v) is 8.36. The van der Waals surface area contributed by atoms with Crippen LogP contribution >= 0.6 is 11.3 Å². The lowest BCUT2D eigenvalue weighted by atomic mass is 10.1. The summed E-state index contributed by atoms with van der Waals surface area (Å²) < 4.78 is 55.5. The molecular formula is C23H16F3N3O4S. The van der Waals surface area contributed by atoms with Crippen LogP contribution in [0.15, 0.2) is 48.5 Å². The molecule has 174 valence electrons. The van der Waals surface area contributed by atoms with Crippen molar-refractivity contribution in [2.24, 2.45) is 0 Å². The summed E-state index contributed by atoms with van der Waals surface area (Å²) in [4.78, 5) is 20.0.